The summed E-state index contributed by atoms with van der Waals surface area (Å²) < 4.78 is 13.7. The molecule has 1 aliphatic rings. The van der Waals surface area contributed by atoms with E-state index in [1.807, 2.05) is 0 Å². The summed E-state index contributed by atoms with van der Waals surface area (Å²) in [6, 6.07) is 0.650. The van der Waals surface area contributed by atoms with Gasteiger partial charge in [-0.25, -0.2) is 9.18 Å². The lowest BCUT2D eigenvalue weighted by Crippen LogP contribution is -2.44. The fourth-order valence-electron chi connectivity index (χ4n) is 2.09. The maximum atomic E-state index is 13.7. The molecule has 0 bridgehead atoms. The molecule has 0 aliphatic carbocycles. The molecule has 1 fully saturated rings. The van der Waals surface area contributed by atoms with Crippen LogP contribution in [0.15, 0.2) is 12.1 Å². The first-order chi connectivity index (χ1) is 9.90. The van der Waals surface area contributed by atoms with Crippen LogP contribution in [0.3, 0.4) is 0 Å². The lowest BCUT2D eigenvalue weighted by Gasteiger charge is -2.23. The van der Waals surface area contributed by atoms with Gasteiger partial charge in [0.1, 0.15) is 23.1 Å². The van der Waals surface area contributed by atoms with Crippen LogP contribution in [0.5, 0.6) is 0 Å². The Balaban J connectivity index is 2.38. The zero-order chi connectivity index (χ0) is 15.6. The van der Waals surface area contributed by atoms with Crippen molar-refractivity contribution in [3.63, 3.8) is 0 Å². The number of nitrogens with zero attached hydrogens (tertiary/aromatic N) is 1. The summed E-state index contributed by atoms with van der Waals surface area (Å²) in [5, 5.41) is 24.9. The molecule has 1 aromatic carbocycles. The van der Waals surface area contributed by atoms with E-state index >= 15 is 0 Å². The summed E-state index contributed by atoms with van der Waals surface area (Å²) in [6.07, 6.45) is 1.14. The highest BCUT2D eigenvalue weighted by atomic mass is 19.1. The van der Waals surface area contributed by atoms with E-state index in [2.05, 4.69) is 10.6 Å². The normalized spacial score (nSPS) is 18.0. The molecule has 1 amide bonds. The number of aromatic carboxylic acids is 1. The van der Waals surface area contributed by atoms with Crippen molar-refractivity contribution in [1.29, 1.82) is 0 Å². The Kier molecular flexibility index (Phi) is 4.01. The van der Waals surface area contributed by atoms with Gasteiger partial charge >= 0.3 is 5.97 Å². The molecule has 0 spiro atoms. The number of carbonyl (C=O) groups is 2. The molecule has 9 heteroatoms. The number of piperidine rings is 1. The minimum absolute atomic E-state index is 0.218. The van der Waals surface area contributed by atoms with Crippen LogP contribution in [0.25, 0.3) is 0 Å². The van der Waals surface area contributed by atoms with Crippen molar-refractivity contribution in [3.05, 3.63) is 33.6 Å². The highest BCUT2D eigenvalue weighted by Crippen LogP contribution is 2.29. The fourth-order valence-corrected chi connectivity index (χ4v) is 2.09. The Bertz CT molecular complexity index is 619. The molecule has 1 aromatic rings. The van der Waals surface area contributed by atoms with Crippen LogP contribution in [0.2, 0.25) is 0 Å². The van der Waals surface area contributed by atoms with E-state index in [1.54, 1.807) is 0 Å². The van der Waals surface area contributed by atoms with Gasteiger partial charge in [0.15, 0.2) is 0 Å². The number of nitrogens with one attached hydrogen (secondary N) is 2. The summed E-state index contributed by atoms with van der Waals surface area (Å²) in [4.78, 5) is 32.6. The maximum Gasteiger partial charge on any atom is 0.338 e. The minimum atomic E-state index is -1.60. The van der Waals surface area contributed by atoms with Crippen molar-refractivity contribution in [2.24, 2.45) is 0 Å². The second kappa shape index (κ2) is 5.73. The molecule has 3 N–H and O–H groups in total. The zero-order valence-corrected chi connectivity index (χ0v) is 10.8. The molecule has 2 rings (SSSR count). The highest BCUT2D eigenvalue weighted by Gasteiger charge is 2.27. The molecule has 8 nitrogen and oxygen atoms in total. The maximum absolute atomic E-state index is 13.7. The Labute approximate surface area is 118 Å². The number of benzene rings is 1. The van der Waals surface area contributed by atoms with E-state index in [9.17, 15) is 24.1 Å². The molecule has 1 heterocycles. The standard InChI is InChI=1S/C12H12FN3O5/c13-7-5-9(15-8-2-1-3-14-11(8)17)10(16(20)21)4-6(7)12(18)19/h4-5,8,15H,1-3H2,(H,14,17)(H,18,19). The van der Waals surface area contributed by atoms with Crippen molar-refractivity contribution in [3.8, 4) is 0 Å². The van der Waals surface area contributed by atoms with E-state index in [0.717, 1.165) is 6.07 Å². The largest absolute Gasteiger partial charge is 0.478 e. The predicted molar refractivity (Wildman–Crippen MR) is 69.7 cm³/mol. The van der Waals surface area contributed by atoms with E-state index in [-0.39, 0.29) is 11.6 Å². The number of carboxylic acid groups (broad SMARTS) is 1. The lowest BCUT2D eigenvalue weighted by molar-refractivity contribution is -0.384. The summed E-state index contributed by atoms with van der Waals surface area (Å²) in [5.74, 6) is -3.04. The SMILES string of the molecule is O=C(O)c1cc([N+](=O)[O-])c(NC2CCCNC2=O)cc1F. The molecule has 0 radical (unpaired) electrons. The Hall–Kier alpha value is -2.71. The van der Waals surface area contributed by atoms with Crippen LogP contribution in [0.1, 0.15) is 23.2 Å². The van der Waals surface area contributed by atoms with Gasteiger partial charge < -0.3 is 15.7 Å². The van der Waals surface area contributed by atoms with Crippen molar-refractivity contribution >= 4 is 23.3 Å². The van der Waals surface area contributed by atoms with E-state index < -0.39 is 34.0 Å². The van der Waals surface area contributed by atoms with Gasteiger partial charge in [0.25, 0.3) is 5.69 Å². The van der Waals surface area contributed by atoms with Gasteiger partial charge in [-0.3, -0.25) is 14.9 Å². The van der Waals surface area contributed by atoms with Crippen molar-refractivity contribution < 1.29 is 24.0 Å². The fraction of sp³-hybridized carbons (Fsp3) is 0.333. The van der Waals surface area contributed by atoms with Crippen LogP contribution >= 0.6 is 0 Å². The first-order valence-electron chi connectivity index (χ1n) is 6.15. The molecule has 0 aromatic heterocycles. The van der Waals surface area contributed by atoms with Gasteiger partial charge in [-0.1, -0.05) is 0 Å². The molecular formula is C12H12FN3O5. The number of hydrogen-bond acceptors (Lipinski definition) is 5. The topological polar surface area (TPSA) is 122 Å². The molecule has 1 saturated heterocycles. The number of anilines is 1. The summed E-state index contributed by atoms with van der Waals surface area (Å²) in [7, 11) is 0. The number of nitro benzene ring substituents is 1. The number of hydrogen-bond donors (Lipinski definition) is 3. The third-order valence-electron chi connectivity index (χ3n) is 3.13. The zero-order valence-electron chi connectivity index (χ0n) is 10.8. The summed E-state index contributed by atoms with van der Waals surface area (Å²) in [6.45, 7) is 0.519. The predicted octanol–water partition coefficient (Wildman–Crippen LogP) is 1.12. The van der Waals surface area contributed by atoms with E-state index in [4.69, 9.17) is 5.11 Å². The second-order valence-electron chi connectivity index (χ2n) is 4.54. The van der Waals surface area contributed by atoms with Crippen LogP contribution in [0.4, 0.5) is 15.8 Å². The van der Waals surface area contributed by atoms with Gasteiger partial charge in [-0.05, 0) is 12.8 Å². The van der Waals surface area contributed by atoms with Crippen LogP contribution in [-0.4, -0.2) is 34.5 Å². The monoisotopic (exact) mass is 297 g/mol. The Morgan fingerprint density at radius 1 is 1.52 bits per heavy atom. The quantitative estimate of drug-likeness (QED) is 0.565. The number of halogens is 1. The van der Waals surface area contributed by atoms with E-state index in [1.165, 1.54) is 0 Å². The summed E-state index contributed by atoms with van der Waals surface area (Å²) in [5.41, 5.74) is -1.60. The summed E-state index contributed by atoms with van der Waals surface area (Å²) >= 11 is 0. The minimum Gasteiger partial charge on any atom is -0.478 e. The molecular weight excluding hydrogens is 285 g/mol. The number of amides is 1. The molecule has 112 valence electrons. The number of carboxylic acids is 1. The van der Waals surface area contributed by atoms with Gasteiger partial charge in [-0.2, -0.15) is 0 Å². The van der Waals surface area contributed by atoms with Crippen LogP contribution in [0, 0.1) is 15.9 Å². The van der Waals surface area contributed by atoms with Crippen LogP contribution < -0.4 is 10.6 Å². The Morgan fingerprint density at radius 2 is 2.24 bits per heavy atom. The molecule has 1 aliphatic heterocycles. The Morgan fingerprint density at radius 3 is 2.81 bits per heavy atom. The van der Waals surface area contributed by atoms with Crippen molar-refractivity contribution in [2.75, 3.05) is 11.9 Å². The molecule has 0 saturated carbocycles. The van der Waals surface area contributed by atoms with Gasteiger partial charge in [0.05, 0.1) is 4.92 Å². The first-order valence-corrected chi connectivity index (χ1v) is 6.15. The average molecular weight is 297 g/mol. The molecule has 21 heavy (non-hydrogen) atoms. The number of rotatable bonds is 4. The first kappa shape index (κ1) is 14.7. The van der Waals surface area contributed by atoms with Crippen LogP contribution in [-0.2, 0) is 4.79 Å². The van der Waals surface area contributed by atoms with Crippen molar-refractivity contribution in [2.45, 2.75) is 18.9 Å². The molecule has 1 unspecified atom stereocenters. The van der Waals surface area contributed by atoms with Gasteiger partial charge in [0.2, 0.25) is 5.91 Å². The average Bonchev–Trinajstić information content (AvgIpc) is 2.40. The second-order valence-corrected chi connectivity index (χ2v) is 4.54. The van der Waals surface area contributed by atoms with Crippen molar-refractivity contribution in [1.82, 2.24) is 5.32 Å². The molecule has 1 atom stereocenters. The third kappa shape index (κ3) is 3.07. The lowest BCUT2D eigenvalue weighted by atomic mass is 10.1. The van der Waals surface area contributed by atoms with Gasteiger partial charge in [0, 0.05) is 18.7 Å². The highest BCUT2D eigenvalue weighted by molar-refractivity contribution is 5.91. The third-order valence-corrected chi connectivity index (χ3v) is 3.13. The number of carbonyl (C=O) groups excluding carboxylic acids is 1. The smallest absolute Gasteiger partial charge is 0.338 e. The van der Waals surface area contributed by atoms with Gasteiger partial charge in [-0.15, -0.1) is 0 Å². The van der Waals surface area contributed by atoms with E-state index in [0.29, 0.717) is 25.5 Å². The number of nitro groups is 1.